The Balaban J connectivity index is 2.36. The van der Waals surface area contributed by atoms with Crippen LogP contribution in [0.4, 0.5) is 0 Å². The zero-order valence-corrected chi connectivity index (χ0v) is 9.01. The van der Waals surface area contributed by atoms with Crippen molar-refractivity contribution in [2.45, 2.75) is 39.2 Å². The molecule has 0 aromatic carbocycles. The highest BCUT2D eigenvalue weighted by Gasteiger charge is 2.15. The summed E-state index contributed by atoms with van der Waals surface area (Å²) in [4.78, 5) is 6.75. The molecular weight excluding hydrogens is 162 g/mol. The van der Waals surface area contributed by atoms with E-state index in [0.717, 1.165) is 26.1 Å². The number of hydrogen-bond donors (Lipinski definition) is 1. The van der Waals surface area contributed by atoms with Crippen LogP contribution in [0.15, 0.2) is 4.99 Å². The number of nitrogens with zero attached hydrogens (tertiary/aromatic N) is 2. The topological polar surface area (TPSA) is 41.6 Å². The second kappa shape index (κ2) is 4.09. The molecule has 0 aromatic heterocycles. The van der Waals surface area contributed by atoms with Crippen LogP contribution < -0.4 is 5.73 Å². The fraction of sp³-hybridized carbons (Fsp3) is 0.900. The molecule has 1 heterocycles. The van der Waals surface area contributed by atoms with Gasteiger partial charge in [-0.05, 0) is 33.6 Å². The van der Waals surface area contributed by atoms with Crippen molar-refractivity contribution >= 4 is 5.84 Å². The summed E-state index contributed by atoms with van der Waals surface area (Å²) in [5.74, 6) is 1.18. The summed E-state index contributed by atoms with van der Waals surface area (Å²) in [6.07, 6.45) is 2.21. The van der Waals surface area contributed by atoms with Gasteiger partial charge in [0.2, 0.25) is 0 Å². The van der Waals surface area contributed by atoms with E-state index in [1.807, 2.05) is 0 Å². The summed E-state index contributed by atoms with van der Waals surface area (Å²) in [6, 6.07) is 0. The van der Waals surface area contributed by atoms with E-state index in [-0.39, 0.29) is 5.54 Å². The molecule has 0 aliphatic carbocycles. The minimum atomic E-state index is -0.0578. The molecule has 1 rings (SSSR count). The maximum absolute atomic E-state index is 5.93. The lowest BCUT2D eigenvalue weighted by Gasteiger charge is -2.30. The van der Waals surface area contributed by atoms with E-state index < -0.39 is 0 Å². The molecule has 0 saturated carbocycles. The summed E-state index contributed by atoms with van der Waals surface area (Å²) in [5, 5.41) is 0. The van der Waals surface area contributed by atoms with Gasteiger partial charge in [-0.2, -0.15) is 0 Å². The molecule has 3 heteroatoms. The summed E-state index contributed by atoms with van der Waals surface area (Å²) in [5.41, 5.74) is 5.87. The number of nitrogens with two attached hydrogens (primary N) is 1. The van der Waals surface area contributed by atoms with Gasteiger partial charge in [0, 0.05) is 25.2 Å². The maximum atomic E-state index is 5.93. The molecule has 3 nitrogen and oxygen atoms in total. The molecule has 13 heavy (non-hydrogen) atoms. The van der Waals surface area contributed by atoms with Crippen molar-refractivity contribution in [1.82, 2.24) is 4.90 Å². The van der Waals surface area contributed by atoms with Crippen molar-refractivity contribution < 1.29 is 0 Å². The lowest BCUT2D eigenvalue weighted by molar-refractivity contribution is 0.339. The van der Waals surface area contributed by atoms with Crippen LogP contribution in [0.25, 0.3) is 0 Å². The molecular formula is C10H21N3. The van der Waals surface area contributed by atoms with Crippen LogP contribution in [-0.2, 0) is 0 Å². The van der Waals surface area contributed by atoms with Crippen molar-refractivity contribution in [2.75, 3.05) is 19.6 Å². The lowest BCUT2D eigenvalue weighted by Crippen LogP contribution is -2.40. The third kappa shape index (κ3) is 3.77. The predicted octanol–water partition coefficient (Wildman–Crippen LogP) is 1.24. The minimum Gasteiger partial charge on any atom is -0.360 e. The SMILES string of the molecule is CC1=NCCCN1CCC(C)(C)N. The zero-order chi connectivity index (χ0) is 9.90. The summed E-state index contributed by atoms with van der Waals surface area (Å²) >= 11 is 0. The third-order valence-electron chi connectivity index (χ3n) is 2.41. The fourth-order valence-corrected chi connectivity index (χ4v) is 1.46. The molecule has 2 N–H and O–H groups in total. The first-order valence-corrected chi connectivity index (χ1v) is 5.04. The van der Waals surface area contributed by atoms with Gasteiger partial charge in [-0.25, -0.2) is 0 Å². The highest BCUT2D eigenvalue weighted by atomic mass is 15.2. The molecule has 0 aromatic rings. The second-order valence-electron chi connectivity index (χ2n) is 4.51. The largest absolute Gasteiger partial charge is 0.360 e. The quantitative estimate of drug-likeness (QED) is 0.715. The van der Waals surface area contributed by atoms with E-state index in [2.05, 4.69) is 30.7 Å². The Labute approximate surface area is 81.0 Å². The average molecular weight is 183 g/mol. The van der Waals surface area contributed by atoms with Gasteiger partial charge in [0.15, 0.2) is 0 Å². The summed E-state index contributed by atoms with van der Waals surface area (Å²) < 4.78 is 0. The smallest absolute Gasteiger partial charge is 0.0957 e. The molecule has 0 unspecified atom stereocenters. The highest BCUT2D eigenvalue weighted by Crippen LogP contribution is 2.08. The van der Waals surface area contributed by atoms with E-state index >= 15 is 0 Å². The van der Waals surface area contributed by atoms with Crippen LogP contribution in [0.3, 0.4) is 0 Å². The van der Waals surface area contributed by atoms with E-state index in [1.165, 1.54) is 12.3 Å². The van der Waals surface area contributed by atoms with Crippen molar-refractivity contribution in [1.29, 1.82) is 0 Å². The third-order valence-corrected chi connectivity index (χ3v) is 2.41. The minimum absolute atomic E-state index is 0.0578. The lowest BCUT2D eigenvalue weighted by atomic mass is 10.0. The van der Waals surface area contributed by atoms with Gasteiger partial charge in [-0.1, -0.05) is 0 Å². The van der Waals surface area contributed by atoms with Gasteiger partial charge in [0.05, 0.1) is 5.84 Å². The highest BCUT2D eigenvalue weighted by molar-refractivity contribution is 5.80. The van der Waals surface area contributed by atoms with Crippen LogP contribution >= 0.6 is 0 Å². The molecule has 76 valence electrons. The molecule has 0 spiro atoms. The van der Waals surface area contributed by atoms with E-state index in [0.29, 0.717) is 0 Å². The Kier molecular flexibility index (Phi) is 3.31. The number of aliphatic imine (C=N–C) groups is 1. The first-order valence-electron chi connectivity index (χ1n) is 5.04. The Morgan fingerprint density at radius 3 is 2.77 bits per heavy atom. The zero-order valence-electron chi connectivity index (χ0n) is 9.01. The summed E-state index contributed by atoms with van der Waals surface area (Å²) in [6.45, 7) is 9.41. The van der Waals surface area contributed by atoms with E-state index in [9.17, 15) is 0 Å². The van der Waals surface area contributed by atoms with Gasteiger partial charge in [0.25, 0.3) is 0 Å². The van der Waals surface area contributed by atoms with E-state index in [4.69, 9.17) is 5.73 Å². The molecule has 0 fully saturated rings. The van der Waals surface area contributed by atoms with Crippen LogP contribution in [0, 0.1) is 0 Å². The monoisotopic (exact) mass is 183 g/mol. The fourth-order valence-electron chi connectivity index (χ4n) is 1.46. The van der Waals surface area contributed by atoms with Crippen LogP contribution in [0.5, 0.6) is 0 Å². The first kappa shape index (κ1) is 10.5. The van der Waals surface area contributed by atoms with E-state index in [1.54, 1.807) is 0 Å². The van der Waals surface area contributed by atoms with Gasteiger partial charge in [-0.3, -0.25) is 4.99 Å². The average Bonchev–Trinajstić information content (AvgIpc) is 2.01. The normalized spacial score (nSPS) is 18.8. The number of amidine groups is 1. The standard InChI is InChI=1S/C10H21N3/c1-9-12-6-4-7-13(9)8-5-10(2,3)11/h4-8,11H2,1-3H3. The van der Waals surface area contributed by atoms with Crippen molar-refractivity contribution in [2.24, 2.45) is 10.7 Å². The Morgan fingerprint density at radius 1 is 1.54 bits per heavy atom. The Morgan fingerprint density at radius 2 is 2.23 bits per heavy atom. The summed E-state index contributed by atoms with van der Waals surface area (Å²) in [7, 11) is 0. The van der Waals surface area contributed by atoms with Crippen LogP contribution in [-0.4, -0.2) is 35.9 Å². The molecule has 0 radical (unpaired) electrons. The maximum Gasteiger partial charge on any atom is 0.0957 e. The van der Waals surface area contributed by atoms with Gasteiger partial charge >= 0.3 is 0 Å². The molecule has 1 aliphatic rings. The van der Waals surface area contributed by atoms with Gasteiger partial charge in [0.1, 0.15) is 0 Å². The Bertz CT molecular complexity index is 191. The molecule has 1 aliphatic heterocycles. The second-order valence-corrected chi connectivity index (χ2v) is 4.51. The number of hydrogen-bond acceptors (Lipinski definition) is 3. The number of rotatable bonds is 3. The first-order chi connectivity index (χ1) is 5.99. The van der Waals surface area contributed by atoms with Crippen molar-refractivity contribution in [3.8, 4) is 0 Å². The Hall–Kier alpha value is -0.570. The molecule has 0 amide bonds. The van der Waals surface area contributed by atoms with Gasteiger partial charge < -0.3 is 10.6 Å². The van der Waals surface area contributed by atoms with Crippen LogP contribution in [0.2, 0.25) is 0 Å². The predicted molar refractivity (Wildman–Crippen MR) is 57.0 cm³/mol. The molecule has 0 atom stereocenters. The van der Waals surface area contributed by atoms with Crippen molar-refractivity contribution in [3.63, 3.8) is 0 Å². The van der Waals surface area contributed by atoms with Crippen molar-refractivity contribution in [3.05, 3.63) is 0 Å². The molecule has 0 bridgehead atoms. The van der Waals surface area contributed by atoms with Crippen LogP contribution in [0.1, 0.15) is 33.6 Å². The van der Waals surface area contributed by atoms with Gasteiger partial charge in [-0.15, -0.1) is 0 Å². The molecule has 0 saturated heterocycles.